The molecule has 0 spiro atoms. The molecule has 1 aromatic carbocycles. The molecule has 3 atom stereocenters. The lowest BCUT2D eigenvalue weighted by atomic mass is 9.97. The van der Waals surface area contributed by atoms with Crippen LogP contribution in [0.5, 0.6) is 0 Å². The molecular formula is C29H40FN7O3. The molecule has 3 rings (SSSR count). The quantitative estimate of drug-likeness (QED) is 0.273. The number of carbonyl (C=O) groups is 2. The number of aryl methyl sites for hydroxylation is 1. The zero-order chi connectivity index (χ0) is 29.2. The molecule has 2 amide bonds. The molecule has 1 saturated heterocycles. The summed E-state index contributed by atoms with van der Waals surface area (Å²) in [4.78, 5) is 35.0. The number of carbonyl (C=O) groups excluding carboxylic acids is 2. The van der Waals surface area contributed by atoms with Gasteiger partial charge in [-0.05, 0) is 49.6 Å². The molecule has 216 valence electrons. The first-order chi connectivity index (χ1) is 19.2. The number of halogens is 1. The largest absolute Gasteiger partial charge is 0.385 e. The first-order valence-corrected chi connectivity index (χ1v) is 13.5. The molecule has 1 aliphatic heterocycles. The van der Waals surface area contributed by atoms with E-state index in [4.69, 9.17) is 10.1 Å². The molecule has 10 nitrogen and oxygen atoms in total. The number of benzene rings is 1. The van der Waals surface area contributed by atoms with Crippen LogP contribution < -0.4 is 10.7 Å². The maximum Gasteiger partial charge on any atom is 0.244 e. The van der Waals surface area contributed by atoms with Gasteiger partial charge in [-0.1, -0.05) is 26.0 Å². The highest BCUT2D eigenvalue weighted by molar-refractivity contribution is 6.14. The minimum atomic E-state index is -0.757. The van der Waals surface area contributed by atoms with E-state index in [1.54, 1.807) is 31.2 Å². The Morgan fingerprint density at radius 2 is 1.98 bits per heavy atom. The topological polar surface area (TPSA) is 123 Å². The van der Waals surface area contributed by atoms with Crippen LogP contribution in [0.15, 0.2) is 41.6 Å². The van der Waals surface area contributed by atoms with E-state index in [1.165, 1.54) is 6.21 Å². The highest BCUT2D eigenvalue weighted by atomic mass is 19.1. The second kappa shape index (κ2) is 14.6. The van der Waals surface area contributed by atoms with Crippen molar-refractivity contribution in [2.24, 2.45) is 11.0 Å². The number of hydrazone groups is 1. The van der Waals surface area contributed by atoms with Gasteiger partial charge >= 0.3 is 0 Å². The molecule has 0 unspecified atom stereocenters. The van der Waals surface area contributed by atoms with Gasteiger partial charge in [0.05, 0.1) is 23.6 Å². The average Bonchev–Trinajstić information content (AvgIpc) is 2.94. The van der Waals surface area contributed by atoms with Gasteiger partial charge < -0.3 is 20.4 Å². The first-order valence-electron chi connectivity index (χ1n) is 13.5. The van der Waals surface area contributed by atoms with Gasteiger partial charge in [-0.15, -0.1) is 0 Å². The molecule has 1 aliphatic rings. The number of hydrogen-bond donors (Lipinski definition) is 3. The van der Waals surface area contributed by atoms with Crippen LogP contribution in [0.3, 0.4) is 0 Å². The number of nitrogens with one attached hydrogen (secondary N) is 3. The van der Waals surface area contributed by atoms with Gasteiger partial charge in [0.1, 0.15) is 11.9 Å². The number of pyridine rings is 1. The lowest BCUT2D eigenvalue weighted by molar-refractivity contribution is -0.151. The van der Waals surface area contributed by atoms with Crippen LogP contribution >= 0.6 is 0 Å². The van der Waals surface area contributed by atoms with Gasteiger partial charge in [0, 0.05) is 57.7 Å². The second-order valence-corrected chi connectivity index (χ2v) is 10.3. The summed E-state index contributed by atoms with van der Waals surface area (Å²) >= 11 is 0. The fourth-order valence-corrected chi connectivity index (χ4v) is 4.92. The average molecular weight is 554 g/mol. The Morgan fingerprint density at radius 1 is 1.25 bits per heavy atom. The number of piperazine rings is 1. The number of anilines is 1. The van der Waals surface area contributed by atoms with Crippen LogP contribution in [0.25, 0.3) is 0 Å². The summed E-state index contributed by atoms with van der Waals surface area (Å²) in [6.07, 6.45) is 4.50. The molecule has 1 aromatic heterocycles. The maximum atomic E-state index is 15.2. The molecule has 1 fully saturated rings. The molecule has 0 radical (unpaired) electrons. The Labute approximate surface area is 235 Å². The molecule has 11 heteroatoms. The van der Waals surface area contributed by atoms with Gasteiger partial charge in [-0.3, -0.25) is 24.9 Å². The van der Waals surface area contributed by atoms with Crippen LogP contribution in [0.1, 0.15) is 50.1 Å². The molecule has 0 aliphatic carbocycles. The number of methoxy groups -OCH3 is 1. The monoisotopic (exact) mass is 553 g/mol. The second-order valence-electron chi connectivity index (χ2n) is 10.3. The summed E-state index contributed by atoms with van der Waals surface area (Å²) in [6, 6.07) is 7.57. The van der Waals surface area contributed by atoms with Crippen LogP contribution in [0.4, 0.5) is 10.1 Å². The normalized spacial score (nSPS) is 18.6. The highest BCUT2D eigenvalue weighted by Crippen LogP contribution is 2.31. The van der Waals surface area contributed by atoms with Gasteiger partial charge in [-0.25, -0.2) is 4.39 Å². The molecule has 40 heavy (non-hydrogen) atoms. The minimum absolute atomic E-state index is 0.0958. The molecule has 2 heterocycles. The number of ether oxygens (including phenoxy) is 1. The lowest BCUT2D eigenvalue weighted by Crippen LogP contribution is -2.65. The maximum absolute atomic E-state index is 15.2. The summed E-state index contributed by atoms with van der Waals surface area (Å²) < 4.78 is 20.6. The van der Waals surface area contributed by atoms with Gasteiger partial charge in [0.25, 0.3) is 0 Å². The fourth-order valence-electron chi connectivity index (χ4n) is 4.92. The third-order valence-electron chi connectivity index (χ3n) is 6.99. The third-order valence-corrected chi connectivity index (χ3v) is 6.99. The SMILES string of the molecule is COCC[C@H](c1nccc(C)c1F)N1C[C@@H](C)N(C(=O)C(C)C)[C@@H](C(=O)NCc2ccc(N/N=C\C=N)cc2)C1. The summed E-state index contributed by atoms with van der Waals surface area (Å²) in [6.45, 7) is 8.67. The lowest BCUT2D eigenvalue weighted by Gasteiger charge is -2.47. The number of hydrogen-bond acceptors (Lipinski definition) is 8. The highest BCUT2D eigenvalue weighted by Gasteiger charge is 2.42. The molecule has 0 saturated carbocycles. The van der Waals surface area contributed by atoms with Crippen molar-refractivity contribution in [1.82, 2.24) is 20.1 Å². The minimum Gasteiger partial charge on any atom is -0.385 e. The van der Waals surface area contributed by atoms with E-state index in [2.05, 4.69) is 25.7 Å². The fraction of sp³-hybridized carbons (Fsp3) is 0.483. The zero-order valence-electron chi connectivity index (χ0n) is 23.9. The summed E-state index contributed by atoms with van der Waals surface area (Å²) in [7, 11) is 1.60. The van der Waals surface area contributed by atoms with Crippen LogP contribution in [0.2, 0.25) is 0 Å². The van der Waals surface area contributed by atoms with Crippen molar-refractivity contribution < 1.29 is 18.7 Å². The van der Waals surface area contributed by atoms with E-state index < -0.39 is 12.1 Å². The van der Waals surface area contributed by atoms with E-state index in [-0.39, 0.29) is 42.7 Å². The summed E-state index contributed by atoms with van der Waals surface area (Å²) in [5, 5.41) is 13.8. The summed E-state index contributed by atoms with van der Waals surface area (Å²) in [5.74, 6) is -1.01. The summed E-state index contributed by atoms with van der Waals surface area (Å²) in [5.41, 5.74) is 5.27. The Balaban J connectivity index is 1.83. The molecule has 3 N–H and O–H groups in total. The van der Waals surface area contributed by atoms with Crippen molar-refractivity contribution in [3.8, 4) is 0 Å². The number of aromatic nitrogens is 1. The van der Waals surface area contributed by atoms with Crippen molar-refractivity contribution in [3.63, 3.8) is 0 Å². The van der Waals surface area contributed by atoms with E-state index >= 15 is 4.39 Å². The van der Waals surface area contributed by atoms with Crippen molar-refractivity contribution >= 4 is 29.9 Å². The van der Waals surface area contributed by atoms with E-state index in [0.29, 0.717) is 30.8 Å². The van der Waals surface area contributed by atoms with Gasteiger partial charge in [0.15, 0.2) is 0 Å². The van der Waals surface area contributed by atoms with Crippen LogP contribution in [-0.4, -0.2) is 77.9 Å². The standard InChI is InChI=1S/C29H40FN7O3/c1-19(2)29(39)37-21(4)17-36(24(11-15-40-5)27-26(30)20(3)10-13-32-27)18-25(37)28(38)33-16-22-6-8-23(9-7-22)35-34-14-12-31/h6-10,12-14,19,21,24-25,31,35H,11,15-18H2,1-5H3,(H,33,38)/b31-12?,34-14-/t21-,24-,25-/m1/s1. The number of nitrogens with zero attached hydrogens (tertiary/aromatic N) is 4. The Morgan fingerprint density at radius 3 is 2.62 bits per heavy atom. The Bertz CT molecular complexity index is 1190. The first kappa shape index (κ1) is 30.8. The van der Waals surface area contributed by atoms with Crippen molar-refractivity contribution in [2.75, 3.05) is 32.2 Å². The van der Waals surface area contributed by atoms with Crippen molar-refractivity contribution in [1.29, 1.82) is 5.41 Å². The third kappa shape index (κ3) is 7.70. The van der Waals surface area contributed by atoms with Crippen molar-refractivity contribution in [3.05, 3.63) is 59.2 Å². The number of amides is 2. The van der Waals surface area contributed by atoms with Crippen LogP contribution in [-0.2, 0) is 20.9 Å². The smallest absolute Gasteiger partial charge is 0.244 e. The molecule has 0 bridgehead atoms. The van der Waals surface area contributed by atoms with Crippen LogP contribution in [0, 0.1) is 24.1 Å². The zero-order valence-corrected chi connectivity index (χ0v) is 23.9. The van der Waals surface area contributed by atoms with Crippen molar-refractivity contribution in [2.45, 2.75) is 58.8 Å². The predicted molar refractivity (Wildman–Crippen MR) is 154 cm³/mol. The van der Waals surface area contributed by atoms with E-state index in [9.17, 15) is 9.59 Å². The van der Waals surface area contributed by atoms with E-state index in [0.717, 1.165) is 17.5 Å². The molecule has 2 aromatic rings. The number of rotatable bonds is 12. The molecular weight excluding hydrogens is 513 g/mol. The van der Waals surface area contributed by atoms with E-state index in [1.807, 2.05) is 45.0 Å². The Kier molecular flexibility index (Phi) is 11.3. The predicted octanol–water partition coefficient (Wildman–Crippen LogP) is 3.53. The Hall–Kier alpha value is -3.70. The van der Waals surface area contributed by atoms with Gasteiger partial charge in [0.2, 0.25) is 11.8 Å². The van der Waals surface area contributed by atoms with Gasteiger partial charge in [-0.2, -0.15) is 5.10 Å².